The van der Waals surface area contributed by atoms with E-state index in [4.69, 9.17) is 4.42 Å². The van der Waals surface area contributed by atoms with Gasteiger partial charge in [0, 0.05) is 22.0 Å². The summed E-state index contributed by atoms with van der Waals surface area (Å²) in [6.07, 6.45) is 0. The molecule has 1 atom stereocenters. The number of anilines is 3. The van der Waals surface area contributed by atoms with E-state index in [0.717, 1.165) is 44.6 Å². The van der Waals surface area contributed by atoms with Gasteiger partial charge in [0.15, 0.2) is 5.58 Å². The molecule has 1 aromatic heterocycles. The lowest BCUT2D eigenvalue weighted by Crippen LogP contribution is -2.23. The maximum atomic E-state index is 6.67. The molecular formula is C55H33NO. The van der Waals surface area contributed by atoms with E-state index < -0.39 is 0 Å². The largest absolute Gasteiger partial charge is 0.454 e. The molecule has 2 nitrogen and oxygen atoms in total. The third-order valence-corrected chi connectivity index (χ3v) is 12.8. The van der Waals surface area contributed by atoms with Gasteiger partial charge in [0.05, 0.1) is 16.8 Å². The molecule has 10 aromatic rings. The van der Waals surface area contributed by atoms with E-state index in [-0.39, 0.29) is 5.41 Å². The van der Waals surface area contributed by atoms with Crippen molar-refractivity contribution in [2.24, 2.45) is 0 Å². The predicted molar refractivity (Wildman–Crippen MR) is 235 cm³/mol. The molecule has 3 aliphatic carbocycles. The van der Waals surface area contributed by atoms with Crippen LogP contribution in [0.4, 0.5) is 17.1 Å². The summed E-state index contributed by atoms with van der Waals surface area (Å²) in [6.45, 7) is 0. The van der Waals surface area contributed by atoms with Crippen molar-refractivity contribution < 1.29 is 4.42 Å². The topological polar surface area (TPSA) is 16.4 Å². The highest BCUT2D eigenvalue weighted by Gasteiger charge is 2.57. The summed E-state index contributed by atoms with van der Waals surface area (Å²) in [5.41, 5.74) is 23.2. The van der Waals surface area contributed by atoms with Crippen molar-refractivity contribution in [3.8, 4) is 55.6 Å². The van der Waals surface area contributed by atoms with Crippen LogP contribution in [0.5, 0.6) is 0 Å². The average Bonchev–Trinajstić information content (AvgIpc) is 4.00. The van der Waals surface area contributed by atoms with Crippen LogP contribution >= 0.6 is 0 Å². The summed E-state index contributed by atoms with van der Waals surface area (Å²) in [5.74, 6) is 0. The molecule has 1 spiro atoms. The first-order chi connectivity index (χ1) is 28.3. The summed E-state index contributed by atoms with van der Waals surface area (Å²) in [5, 5.41) is 2.22. The second kappa shape index (κ2) is 11.3. The predicted octanol–water partition coefficient (Wildman–Crippen LogP) is 14.7. The quantitative estimate of drug-likeness (QED) is 0.176. The highest BCUT2D eigenvalue weighted by Crippen LogP contribution is 2.70. The first kappa shape index (κ1) is 30.9. The highest BCUT2D eigenvalue weighted by atomic mass is 16.3. The van der Waals surface area contributed by atoms with Gasteiger partial charge in [-0.25, -0.2) is 0 Å². The van der Waals surface area contributed by atoms with E-state index >= 15 is 0 Å². The van der Waals surface area contributed by atoms with E-state index in [9.17, 15) is 0 Å². The van der Waals surface area contributed by atoms with Gasteiger partial charge < -0.3 is 9.32 Å². The van der Waals surface area contributed by atoms with Crippen LogP contribution < -0.4 is 4.90 Å². The van der Waals surface area contributed by atoms with Crippen molar-refractivity contribution in [2.75, 3.05) is 4.90 Å². The molecule has 1 unspecified atom stereocenters. The normalized spacial score (nSPS) is 15.1. The molecule has 0 fully saturated rings. The number of para-hydroxylation sites is 3. The molecule has 9 aromatic carbocycles. The van der Waals surface area contributed by atoms with Crippen molar-refractivity contribution in [1.29, 1.82) is 0 Å². The molecule has 1 heterocycles. The van der Waals surface area contributed by atoms with Gasteiger partial charge in [-0.2, -0.15) is 0 Å². The molecule has 3 aliphatic rings. The van der Waals surface area contributed by atoms with Crippen molar-refractivity contribution in [3.63, 3.8) is 0 Å². The average molecular weight is 724 g/mol. The zero-order chi connectivity index (χ0) is 37.2. The van der Waals surface area contributed by atoms with Crippen LogP contribution in [0.2, 0.25) is 0 Å². The van der Waals surface area contributed by atoms with Gasteiger partial charge >= 0.3 is 0 Å². The Labute approximate surface area is 330 Å². The summed E-state index contributed by atoms with van der Waals surface area (Å²) >= 11 is 0. The van der Waals surface area contributed by atoms with Gasteiger partial charge in [0.25, 0.3) is 0 Å². The molecule has 0 amide bonds. The molecule has 0 bridgehead atoms. The fourth-order valence-corrected chi connectivity index (χ4v) is 10.6. The third-order valence-electron chi connectivity index (χ3n) is 12.8. The van der Waals surface area contributed by atoms with Crippen LogP contribution in [0, 0.1) is 0 Å². The fraction of sp³-hybridized carbons (Fsp3) is 0.0182. The molecule has 0 saturated carbocycles. The zero-order valence-corrected chi connectivity index (χ0v) is 30.9. The molecule has 57 heavy (non-hydrogen) atoms. The minimum atomic E-state index is -0.303. The molecule has 0 radical (unpaired) electrons. The highest BCUT2D eigenvalue weighted by molar-refractivity contribution is 6.11. The number of furan rings is 1. The zero-order valence-electron chi connectivity index (χ0n) is 30.9. The number of fused-ring (bicyclic) bond motifs is 8. The van der Waals surface area contributed by atoms with Crippen molar-refractivity contribution in [2.45, 2.75) is 5.41 Å². The second-order valence-electron chi connectivity index (χ2n) is 15.5. The molecule has 0 aliphatic heterocycles. The Kier molecular flexibility index (Phi) is 6.13. The number of hydrogen-bond donors (Lipinski definition) is 0. The molecular weight excluding hydrogens is 691 g/mol. The lowest BCUT2D eigenvalue weighted by atomic mass is 9.73. The lowest BCUT2D eigenvalue weighted by Gasteiger charge is -2.28. The van der Waals surface area contributed by atoms with E-state index in [0.29, 0.717) is 0 Å². The second-order valence-corrected chi connectivity index (χ2v) is 15.5. The minimum Gasteiger partial charge on any atom is -0.454 e. The summed E-state index contributed by atoms with van der Waals surface area (Å²) in [4.78, 5) is 2.36. The van der Waals surface area contributed by atoms with Crippen molar-refractivity contribution in [1.82, 2.24) is 0 Å². The Bertz CT molecular complexity index is 3260. The van der Waals surface area contributed by atoms with Crippen molar-refractivity contribution >= 4 is 39.0 Å². The SMILES string of the molecule is c1ccc(-c2ccccc2N(c2ccc(-c3ccc4c(c3)C35c6ccccc6-c6cccc(c63)-c3cccc-4c35)cc2)c2cccc3c2oc2ccccc23)cc1. The minimum absolute atomic E-state index is 0.303. The van der Waals surface area contributed by atoms with E-state index in [1.807, 2.05) is 6.07 Å². The Morgan fingerprint density at radius 3 is 1.70 bits per heavy atom. The van der Waals surface area contributed by atoms with E-state index in [1.54, 1.807) is 0 Å². The molecule has 2 heteroatoms. The molecule has 264 valence electrons. The van der Waals surface area contributed by atoms with Crippen LogP contribution in [0.15, 0.2) is 205 Å². The van der Waals surface area contributed by atoms with Gasteiger partial charge in [0.2, 0.25) is 0 Å². The smallest absolute Gasteiger partial charge is 0.159 e. The van der Waals surface area contributed by atoms with Gasteiger partial charge in [-0.3, -0.25) is 0 Å². The lowest BCUT2D eigenvalue weighted by molar-refractivity contribution is 0.669. The van der Waals surface area contributed by atoms with Crippen molar-refractivity contribution in [3.05, 3.63) is 222 Å². The van der Waals surface area contributed by atoms with Crippen LogP contribution in [0.1, 0.15) is 22.3 Å². The van der Waals surface area contributed by atoms with E-state index in [2.05, 4.69) is 199 Å². The maximum absolute atomic E-state index is 6.67. The molecule has 0 saturated heterocycles. The number of nitrogens with zero attached hydrogens (tertiary/aromatic N) is 1. The Hall–Kier alpha value is -7.42. The van der Waals surface area contributed by atoms with Crippen LogP contribution in [0.25, 0.3) is 77.6 Å². The number of hydrogen-bond acceptors (Lipinski definition) is 2. The molecule has 0 N–H and O–H groups in total. The summed E-state index contributed by atoms with van der Waals surface area (Å²) in [7, 11) is 0. The fourth-order valence-electron chi connectivity index (χ4n) is 10.6. The Balaban J connectivity index is 0.991. The number of rotatable bonds is 5. The van der Waals surface area contributed by atoms with Gasteiger partial charge in [-0.15, -0.1) is 0 Å². The molecule has 13 rings (SSSR count). The summed E-state index contributed by atoms with van der Waals surface area (Å²) < 4.78 is 6.67. The first-order valence-electron chi connectivity index (χ1n) is 19.8. The first-order valence-corrected chi connectivity index (χ1v) is 19.8. The summed E-state index contributed by atoms with van der Waals surface area (Å²) in [6, 6.07) is 73.3. The third kappa shape index (κ3) is 3.99. The van der Waals surface area contributed by atoms with E-state index in [1.165, 1.54) is 72.3 Å². The Morgan fingerprint density at radius 1 is 0.351 bits per heavy atom. The monoisotopic (exact) mass is 723 g/mol. The van der Waals surface area contributed by atoms with Gasteiger partial charge in [0.1, 0.15) is 5.58 Å². The Morgan fingerprint density at radius 2 is 0.912 bits per heavy atom. The van der Waals surface area contributed by atoms with Gasteiger partial charge in [-0.1, -0.05) is 164 Å². The standard InChI is InChI=1S/C55H33NO/c1-2-13-35(14-3-1)38-15-5-8-24-49(38)56(50-25-12-22-46-41-17-6-9-26-51(41)57-54(46)50)37-30-27-34(28-31-37)36-29-32-40-43-19-11-21-45-44-20-10-18-42-39-16-4-7-23-47(39)55(52(42)44,53(43)45)48(40)33-36/h1-33H. The van der Waals surface area contributed by atoms with Crippen LogP contribution in [-0.4, -0.2) is 0 Å². The van der Waals surface area contributed by atoms with Crippen LogP contribution in [0.3, 0.4) is 0 Å². The van der Waals surface area contributed by atoms with Crippen LogP contribution in [-0.2, 0) is 5.41 Å². The van der Waals surface area contributed by atoms with Gasteiger partial charge in [-0.05, 0) is 109 Å². The number of benzene rings is 9. The maximum Gasteiger partial charge on any atom is 0.159 e.